The second-order valence-corrected chi connectivity index (χ2v) is 2.55. The average Bonchev–Trinajstić information content (AvgIpc) is 2.21. The van der Waals surface area contributed by atoms with Crippen LogP contribution in [0.3, 0.4) is 0 Å². The molecule has 14 heavy (non-hydrogen) atoms. The van der Waals surface area contributed by atoms with E-state index in [1.807, 2.05) is 6.07 Å². The monoisotopic (exact) mass is 185 g/mol. The zero-order chi connectivity index (χ0) is 10.4. The Bertz CT molecular complexity index is 386. The Morgan fingerprint density at radius 2 is 1.79 bits per heavy atom. The number of hydrogen-bond acceptors (Lipinski definition) is 3. The van der Waals surface area contributed by atoms with Gasteiger partial charge in [-0.1, -0.05) is 18.2 Å². The molecule has 0 radical (unpaired) electrons. The van der Waals surface area contributed by atoms with E-state index in [9.17, 15) is 4.79 Å². The van der Waals surface area contributed by atoms with Crippen molar-refractivity contribution in [1.82, 2.24) is 0 Å². The van der Waals surface area contributed by atoms with Crippen molar-refractivity contribution in [3.63, 3.8) is 0 Å². The number of rotatable bonds is 2. The van der Waals surface area contributed by atoms with Crippen molar-refractivity contribution in [3.05, 3.63) is 30.3 Å². The minimum absolute atomic E-state index is 0.577. The summed E-state index contributed by atoms with van der Waals surface area (Å²) in [4.78, 5) is 11.2. The third-order valence-corrected chi connectivity index (χ3v) is 1.56. The van der Waals surface area contributed by atoms with Gasteiger partial charge in [0.1, 0.15) is 0 Å². The molecule has 4 nitrogen and oxygen atoms in total. The second kappa shape index (κ2) is 4.64. The molecule has 0 atom stereocenters. The first kappa shape index (κ1) is 9.76. The van der Waals surface area contributed by atoms with Crippen LogP contribution in [0.4, 0.5) is 5.69 Å². The minimum Gasteiger partial charge on any atom is -0.324 e. The van der Waals surface area contributed by atoms with Crippen LogP contribution in [-0.4, -0.2) is 5.91 Å². The van der Waals surface area contributed by atoms with Gasteiger partial charge in [0.2, 0.25) is 5.92 Å². The molecule has 1 aromatic rings. The normalized spacial score (nSPS) is 8.79. The molecule has 0 saturated carbocycles. The average molecular weight is 185 g/mol. The number of carbonyl (C=O) groups is 1. The number of hydrogen-bond donors (Lipinski definition) is 1. The van der Waals surface area contributed by atoms with Gasteiger partial charge >= 0.3 is 0 Å². The van der Waals surface area contributed by atoms with Crippen LogP contribution >= 0.6 is 0 Å². The summed E-state index contributed by atoms with van der Waals surface area (Å²) < 4.78 is 0. The molecule has 0 unspecified atom stereocenters. The lowest BCUT2D eigenvalue weighted by molar-refractivity contribution is -0.117. The highest BCUT2D eigenvalue weighted by atomic mass is 16.1. The topological polar surface area (TPSA) is 76.7 Å². The van der Waals surface area contributed by atoms with Crippen molar-refractivity contribution in [2.45, 2.75) is 0 Å². The van der Waals surface area contributed by atoms with E-state index in [1.165, 1.54) is 0 Å². The first-order chi connectivity index (χ1) is 6.77. The summed E-state index contributed by atoms with van der Waals surface area (Å²) in [5, 5.41) is 19.3. The number of amides is 1. The molecule has 0 saturated heterocycles. The van der Waals surface area contributed by atoms with Crippen LogP contribution in [0.2, 0.25) is 0 Å². The summed E-state index contributed by atoms with van der Waals surface area (Å²) in [6.07, 6.45) is 0. The number of anilines is 1. The Morgan fingerprint density at radius 1 is 1.21 bits per heavy atom. The zero-order valence-corrected chi connectivity index (χ0v) is 7.27. The maximum absolute atomic E-state index is 11.2. The Kier molecular flexibility index (Phi) is 3.23. The van der Waals surface area contributed by atoms with Crippen LogP contribution < -0.4 is 5.32 Å². The van der Waals surface area contributed by atoms with E-state index >= 15 is 0 Å². The first-order valence-corrected chi connectivity index (χ1v) is 3.93. The van der Waals surface area contributed by atoms with Gasteiger partial charge in [-0.05, 0) is 12.1 Å². The van der Waals surface area contributed by atoms with Crippen molar-refractivity contribution in [2.75, 3.05) is 5.32 Å². The van der Waals surface area contributed by atoms with Gasteiger partial charge in [-0.25, -0.2) is 0 Å². The molecular formula is C10H7N3O. The molecule has 0 aliphatic rings. The van der Waals surface area contributed by atoms with E-state index in [-0.39, 0.29) is 0 Å². The van der Waals surface area contributed by atoms with E-state index in [1.54, 1.807) is 36.4 Å². The molecule has 0 aliphatic carbocycles. The van der Waals surface area contributed by atoms with Crippen LogP contribution in [0.15, 0.2) is 30.3 Å². The van der Waals surface area contributed by atoms with E-state index in [4.69, 9.17) is 10.5 Å². The zero-order valence-electron chi connectivity index (χ0n) is 7.27. The SMILES string of the molecule is N#CC(C#N)C(=O)Nc1ccccc1. The maximum atomic E-state index is 11.2. The van der Waals surface area contributed by atoms with Gasteiger partial charge in [0.05, 0.1) is 12.1 Å². The fourth-order valence-electron chi connectivity index (χ4n) is 0.882. The Morgan fingerprint density at radius 3 is 2.29 bits per heavy atom. The van der Waals surface area contributed by atoms with Gasteiger partial charge in [-0.2, -0.15) is 10.5 Å². The summed E-state index contributed by atoms with van der Waals surface area (Å²) in [6, 6.07) is 11.9. The summed E-state index contributed by atoms with van der Waals surface area (Å²) in [7, 11) is 0. The van der Waals surface area contributed by atoms with Crippen molar-refractivity contribution in [2.24, 2.45) is 5.92 Å². The lowest BCUT2D eigenvalue weighted by atomic mass is 10.2. The predicted molar refractivity (Wildman–Crippen MR) is 49.8 cm³/mol. The highest BCUT2D eigenvalue weighted by molar-refractivity contribution is 5.95. The van der Waals surface area contributed by atoms with Crippen molar-refractivity contribution in [1.29, 1.82) is 10.5 Å². The van der Waals surface area contributed by atoms with E-state index in [2.05, 4.69) is 5.32 Å². The summed E-state index contributed by atoms with van der Waals surface area (Å²) in [6.45, 7) is 0. The lowest BCUT2D eigenvalue weighted by Gasteiger charge is -2.03. The molecule has 0 heterocycles. The van der Waals surface area contributed by atoms with E-state index in [0.717, 1.165) is 0 Å². The molecule has 0 aliphatic heterocycles. The molecular weight excluding hydrogens is 178 g/mol. The van der Waals surface area contributed by atoms with Crippen LogP contribution in [0.5, 0.6) is 0 Å². The largest absolute Gasteiger partial charge is 0.324 e. The van der Waals surface area contributed by atoms with E-state index in [0.29, 0.717) is 5.69 Å². The number of nitrogens with one attached hydrogen (secondary N) is 1. The number of benzene rings is 1. The Labute approximate surface area is 81.4 Å². The number of nitrogens with zero attached hydrogens (tertiary/aromatic N) is 2. The van der Waals surface area contributed by atoms with Gasteiger partial charge in [0, 0.05) is 5.69 Å². The fraction of sp³-hybridized carbons (Fsp3) is 0.100. The molecule has 0 aromatic heterocycles. The minimum atomic E-state index is -1.25. The van der Waals surface area contributed by atoms with Gasteiger partial charge < -0.3 is 5.32 Å². The summed E-state index contributed by atoms with van der Waals surface area (Å²) >= 11 is 0. The third kappa shape index (κ3) is 2.33. The highest BCUT2D eigenvalue weighted by Gasteiger charge is 2.16. The molecule has 1 N–H and O–H groups in total. The van der Waals surface area contributed by atoms with Crippen molar-refractivity contribution >= 4 is 11.6 Å². The first-order valence-electron chi connectivity index (χ1n) is 3.93. The molecule has 1 aromatic carbocycles. The summed E-state index contributed by atoms with van der Waals surface area (Å²) in [5.41, 5.74) is 0.577. The van der Waals surface area contributed by atoms with E-state index < -0.39 is 11.8 Å². The Balaban J connectivity index is 2.68. The van der Waals surface area contributed by atoms with Crippen molar-refractivity contribution < 1.29 is 4.79 Å². The van der Waals surface area contributed by atoms with Gasteiger partial charge in [-0.3, -0.25) is 4.79 Å². The molecule has 68 valence electrons. The lowest BCUT2D eigenvalue weighted by Crippen LogP contribution is -2.19. The Hall–Kier alpha value is -2.33. The maximum Gasteiger partial charge on any atom is 0.256 e. The summed E-state index contributed by atoms with van der Waals surface area (Å²) in [5.74, 6) is -1.85. The quantitative estimate of drug-likeness (QED) is 0.754. The molecule has 1 rings (SSSR count). The van der Waals surface area contributed by atoms with Gasteiger partial charge in [-0.15, -0.1) is 0 Å². The number of para-hydroxylation sites is 1. The van der Waals surface area contributed by atoms with Gasteiger partial charge in [0.15, 0.2) is 0 Å². The standard InChI is InChI=1S/C10H7N3O/c11-6-8(7-12)10(14)13-9-4-2-1-3-5-9/h1-5,8H,(H,13,14). The number of carbonyl (C=O) groups excluding carboxylic acids is 1. The predicted octanol–water partition coefficient (Wildman–Crippen LogP) is 1.29. The molecule has 1 amide bonds. The molecule has 0 spiro atoms. The molecule has 0 bridgehead atoms. The fourth-order valence-corrected chi connectivity index (χ4v) is 0.882. The van der Waals surface area contributed by atoms with Crippen LogP contribution in [0.1, 0.15) is 0 Å². The van der Waals surface area contributed by atoms with Crippen LogP contribution in [-0.2, 0) is 4.79 Å². The van der Waals surface area contributed by atoms with Crippen molar-refractivity contribution in [3.8, 4) is 12.1 Å². The molecule has 4 heteroatoms. The second-order valence-electron chi connectivity index (χ2n) is 2.55. The number of nitriles is 2. The van der Waals surface area contributed by atoms with Gasteiger partial charge in [0.25, 0.3) is 5.91 Å². The highest BCUT2D eigenvalue weighted by Crippen LogP contribution is 2.06. The smallest absolute Gasteiger partial charge is 0.256 e. The molecule has 0 fully saturated rings. The third-order valence-electron chi connectivity index (χ3n) is 1.56. The van der Waals surface area contributed by atoms with Crippen LogP contribution in [0, 0.1) is 28.6 Å². The van der Waals surface area contributed by atoms with Crippen LogP contribution in [0.25, 0.3) is 0 Å².